The van der Waals surface area contributed by atoms with Crippen molar-refractivity contribution in [3.8, 4) is 33.8 Å². The molecule has 4 aromatic rings. The number of hydrogen-bond acceptors (Lipinski definition) is 2. The zero-order chi connectivity index (χ0) is 20.3. The normalized spacial score (nSPS) is 11.4. The van der Waals surface area contributed by atoms with Crippen molar-refractivity contribution in [1.29, 1.82) is 0 Å². The maximum Gasteiger partial charge on any atom is 0.0893 e. The zero-order valence-corrected chi connectivity index (χ0v) is 17.3. The van der Waals surface area contributed by atoms with E-state index in [4.69, 9.17) is 9.97 Å². The summed E-state index contributed by atoms with van der Waals surface area (Å²) in [6.07, 6.45) is 2.98. The molecule has 0 aliphatic rings. The molecule has 0 aliphatic carbocycles. The average molecular weight is 379 g/mol. The molecule has 2 heteroatoms. The third kappa shape index (κ3) is 4.60. The first-order valence-electron chi connectivity index (χ1n) is 10.1. The lowest BCUT2D eigenvalue weighted by atomic mass is 9.85. The lowest BCUT2D eigenvalue weighted by molar-refractivity contribution is 0.411. The average Bonchev–Trinajstić information content (AvgIpc) is 2.74. The van der Waals surface area contributed by atoms with Gasteiger partial charge in [-0.2, -0.15) is 0 Å². The second-order valence-corrected chi connectivity index (χ2v) is 8.60. The van der Waals surface area contributed by atoms with Crippen LogP contribution in [0.25, 0.3) is 33.8 Å². The Balaban J connectivity index is 1.78. The molecule has 2 aromatic heterocycles. The summed E-state index contributed by atoms with van der Waals surface area (Å²) in [5, 5.41) is 0. The van der Waals surface area contributed by atoms with Gasteiger partial charge in [-0.15, -0.1) is 0 Å². The number of hydrogen-bond donors (Lipinski definition) is 0. The molecule has 144 valence electrons. The Bertz CT molecular complexity index is 1090. The Morgan fingerprint density at radius 2 is 1.28 bits per heavy atom. The highest BCUT2D eigenvalue weighted by atomic mass is 14.8. The van der Waals surface area contributed by atoms with Crippen LogP contribution in [0.1, 0.15) is 26.3 Å². The SMILES string of the molecule is CC(C)(C)Cc1cc(-c2cccc(-c3ccccc3)n2)ncc1-c1ccccc1. The minimum Gasteiger partial charge on any atom is -0.254 e. The minimum absolute atomic E-state index is 0.182. The van der Waals surface area contributed by atoms with Crippen LogP contribution in [-0.4, -0.2) is 9.97 Å². The number of nitrogens with zero attached hydrogens (tertiary/aromatic N) is 2. The second kappa shape index (κ2) is 8.00. The Morgan fingerprint density at radius 1 is 0.655 bits per heavy atom. The monoisotopic (exact) mass is 378 g/mol. The van der Waals surface area contributed by atoms with Crippen molar-refractivity contribution in [3.05, 3.63) is 96.7 Å². The van der Waals surface area contributed by atoms with Crippen molar-refractivity contribution < 1.29 is 0 Å². The molecular formula is C27H26N2. The maximum atomic E-state index is 4.89. The standard InChI is InChI=1S/C27H26N2/c1-27(2,3)18-22-17-26(28-19-23(22)20-11-6-4-7-12-20)25-16-10-15-24(29-25)21-13-8-5-9-14-21/h4-17,19H,18H2,1-3H3. The van der Waals surface area contributed by atoms with Gasteiger partial charge in [0.25, 0.3) is 0 Å². The molecule has 0 fully saturated rings. The van der Waals surface area contributed by atoms with Crippen LogP contribution in [0.4, 0.5) is 0 Å². The molecule has 0 bridgehead atoms. The molecule has 4 rings (SSSR count). The number of rotatable bonds is 4. The van der Waals surface area contributed by atoms with Crippen LogP contribution >= 0.6 is 0 Å². The summed E-state index contributed by atoms with van der Waals surface area (Å²) in [5.74, 6) is 0. The summed E-state index contributed by atoms with van der Waals surface area (Å²) in [7, 11) is 0. The number of benzene rings is 2. The van der Waals surface area contributed by atoms with Crippen molar-refractivity contribution >= 4 is 0 Å². The fraction of sp³-hybridized carbons (Fsp3) is 0.185. The van der Waals surface area contributed by atoms with Gasteiger partial charge in [0.05, 0.1) is 17.1 Å². The van der Waals surface area contributed by atoms with E-state index < -0.39 is 0 Å². The van der Waals surface area contributed by atoms with Crippen molar-refractivity contribution in [2.24, 2.45) is 5.41 Å². The van der Waals surface area contributed by atoms with Crippen LogP contribution < -0.4 is 0 Å². The van der Waals surface area contributed by atoms with Gasteiger partial charge in [-0.05, 0) is 41.2 Å². The predicted octanol–water partition coefficient (Wildman–Crippen LogP) is 7.07. The van der Waals surface area contributed by atoms with E-state index in [1.165, 1.54) is 16.7 Å². The molecule has 2 nitrogen and oxygen atoms in total. The van der Waals surface area contributed by atoms with Crippen molar-refractivity contribution in [2.75, 3.05) is 0 Å². The van der Waals surface area contributed by atoms with Crippen molar-refractivity contribution in [1.82, 2.24) is 9.97 Å². The first kappa shape index (κ1) is 19.1. The summed E-state index contributed by atoms with van der Waals surface area (Å²) >= 11 is 0. The van der Waals surface area contributed by atoms with Crippen LogP contribution in [0.3, 0.4) is 0 Å². The fourth-order valence-electron chi connectivity index (χ4n) is 3.58. The van der Waals surface area contributed by atoms with E-state index in [-0.39, 0.29) is 5.41 Å². The van der Waals surface area contributed by atoms with E-state index in [9.17, 15) is 0 Å². The highest BCUT2D eigenvalue weighted by Gasteiger charge is 2.17. The summed E-state index contributed by atoms with van der Waals surface area (Å²) in [6, 6.07) is 29.1. The van der Waals surface area contributed by atoms with Gasteiger partial charge in [0.1, 0.15) is 0 Å². The Labute approximate surface area is 173 Å². The molecule has 0 saturated heterocycles. The largest absolute Gasteiger partial charge is 0.254 e. The first-order valence-corrected chi connectivity index (χ1v) is 10.1. The Hall–Kier alpha value is -3.26. The third-order valence-corrected chi connectivity index (χ3v) is 4.88. The highest BCUT2D eigenvalue weighted by molar-refractivity contribution is 5.71. The van der Waals surface area contributed by atoms with Crippen LogP contribution in [0.5, 0.6) is 0 Å². The molecule has 29 heavy (non-hydrogen) atoms. The van der Waals surface area contributed by atoms with Gasteiger partial charge in [0, 0.05) is 17.3 Å². The van der Waals surface area contributed by atoms with Crippen molar-refractivity contribution in [2.45, 2.75) is 27.2 Å². The van der Waals surface area contributed by atoms with Crippen LogP contribution in [0, 0.1) is 5.41 Å². The molecular weight excluding hydrogens is 352 g/mol. The van der Waals surface area contributed by atoms with E-state index in [1.54, 1.807) is 0 Å². The molecule has 0 atom stereocenters. The van der Waals surface area contributed by atoms with Gasteiger partial charge in [-0.3, -0.25) is 4.98 Å². The van der Waals surface area contributed by atoms with E-state index in [2.05, 4.69) is 69.3 Å². The smallest absolute Gasteiger partial charge is 0.0893 e. The van der Waals surface area contributed by atoms with Gasteiger partial charge >= 0.3 is 0 Å². The third-order valence-electron chi connectivity index (χ3n) is 4.88. The van der Waals surface area contributed by atoms with Crippen LogP contribution in [0.15, 0.2) is 91.1 Å². The van der Waals surface area contributed by atoms with Gasteiger partial charge < -0.3 is 0 Å². The number of pyridine rings is 2. The topological polar surface area (TPSA) is 25.8 Å². The quantitative estimate of drug-likeness (QED) is 0.380. The van der Waals surface area contributed by atoms with E-state index >= 15 is 0 Å². The Morgan fingerprint density at radius 3 is 1.93 bits per heavy atom. The maximum absolute atomic E-state index is 4.89. The minimum atomic E-state index is 0.182. The lowest BCUT2D eigenvalue weighted by Gasteiger charge is -2.21. The van der Waals surface area contributed by atoms with E-state index in [1.807, 2.05) is 42.6 Å². The van der Waals surface area contributed by atoms with Gasteiger partial charge in [0.15, 0.2) is 0 Å². The van der Waals surface area contributed by atoms with Crippen LogP contribution in [-0.2, 0) is 6.42 Å². The molecule has 0 amide bonds. The van der Waals surface area contributed by atoms with Gasteiger partial charge in [-0.1, -0.05) is 87.5 Å². The van der Waals surface area contributed by atoms with Gasteiger partial charge in [0.2, 0.25) is 0 Å². The molecule has 0 spiro atoms. The van der Waals surface area contributed by atoms with Crippen molar-refractivity contribution in [3.63, 3.8) is 0 Å². The summed E-state index contributed by atoms with van der Waals surface area (Å²) in [6.45, 7) is 6.82. The molecule has 0 N–H and O–H groups in total. The molecule has 0 aliphatic heterocycles. The second-order valence-electron chi connectivity index (χ2n) is 8.60. The summed E-state index contributed by atoms with van der Waals surface area (Å²) in [4.78, 5) is 9.68. The zero-order valence-electron chi connectivity index (χ0n) is 17.3. The fourth-order valence-corrected chi connectivity index (χ4v) is 3.58. The molecule has 2 aromatic carbocycles. The van der Waals surface area contributed by atoms with Gasteiger partial charge in [-0.25, -0.2) is 4.98 Å². The lowest BCUT2D eigenvalue weighted by Crippen LogP contribution is -2.10. The Kier molecular flexibility index (Phi) is 5.26. The highest BCUT2D eigenvalue weighted by Crippen LogP contribution is 2.32. The first-order chi connectivity index (χ1) is 14.0. The molecule has 0 radical (unpaired) electrons. The summed E-state index contributed by atoms with van der Waals surface area (Å²) < 4.78 is 0. The molecule has 0 saturated carbocycles. The predicted molar refractivity (Wildman–Crippen MR) is 121 cm³/mol. The summed E-state index contributed by atoms with van der Waals surface area (Å²) in [5.41, 5.74) is 7.80. The van der Waals surface area contributed by atoms with E-state index in [0.717, 1.165) is 29.1 Å². The van der Waals surface area contributed by atoms with E-state index in [0.29, 0.717) is 0 Å². The van der Waals surface area contributed by atoms with Crippen LogP contribution in [0.2, 0.25) is 0 Å². The molecule has 0 unspecified atom stereocenters. The number of aromatic nitrogens is 2. The molecule has 2 heterocycles.